The third-order valence-electron chi connectivity index (χ3n) is 5.24. The second-order valence-electron chi connectivity index (χ2n) is 7.46. The van der Waals surface area contributed by atoms with Gasteiger partial charge in [-0.15, -0.1) is 0 Å². The third-order valence-corrected chi connectivity index (χ3v) is 5.24. The van der Waals surface area contributed by atoms with Crippen LogP contribution in [0.15, 0.2) is 34.4 Å². The van der Waals surface area contributed by atoms with Crippen LogP contribution in [0.1, 0.15) is 47.2 Å². The van der Waals surface area contributed by atoms with Gasteiger partial charge in [-0.25, -0.2) is 0 Å². The first-order chi connectivity index (χ1) is 12.5. The molecule has 0 saturated carbocycles. The number of fused-ring (bicyclic) bond motifs is 1. The van der Waals surface area contributed by atoms with Gasteiger partial charge in [-0.1, -0.05) is 6.92 Å². The zero-order chi connectivity index (χ0) is 18.3. The van der Waals surface area contributed by atoms with Gasteiger partial charge >= 0.3 is 0 Å². The van der Waals surface area contributed by atoms with Gasteiger partial charge < -0.3 is 19.2 Å². The molecule has 0 bridgehead atoms. The Hall–Kier alpha value is -2.53. The van der Waals surface area contributed by atoms with E-state index in [0.29, 0.717) is 29.5 Å². The maximum absolute atomic E-state index is 12.7. The standard InChI is InChI=1S/C21H23NO4/c1-13-4-3-9-22(11-13)12-17-18(23)8-7-16-20(24)19(26-21(16)17)10-15-6-5-14(2)25-15/h5-8,10,13,23H,3-4,9,11-12H2,1-2H3/p+1/b19-10-/t13-/m1/s1. The molecular formula is C21H24NO4+. The van der Waals surface area contributed by atoms with E-state index < -0.39 is 0 Å². The fourth-order valence-electron chi connectivity index (χ4n) is 3.94. The van der Waals surface area contributed by atoms with E-state index >= 15 is 0 Å². The number of quaternary nitrogens is 1. The molecule has 1 aromatic heterocycles. The van der Waals surface area contributed by atoms with E-state index in [1.54, 1.807) is 24.3 Å². The Morgan fingerprint density at radius 2 is 2.15 bits per heavy atom. The van der Waals surface area contributed by atoms with Crippen LogP contribution in [0.3, 0.4) is 0 Å². The molecule has 2 atom stereocenters. The fourth-order valence-corrected chi connectivity index (χ4v) is 3.94. The highest BCUT2D eigenvalue weighted by Gasteiger charge is 2.33. The number of carbonyl (C=O) groups is 1. The average Bonchev–Trinajstić information content (AvgIpc) is 3.15. The van der Waals surface area contributed by atoms with Crippen LogP contribution in [-0.2, 0) is 6.54 Å². The highest BCUT2D eigenvalue weighted by atomic mass is 16.5. The predicted molar refractivity (Wildman–Crippen MR) is 97.3 cm³/mol. The average molecular weight is 354 g/mol. The van der Waals surface area contributed by atoms with E-state index in [9.17, 15) is 9.90 Å². The minimum absolute atomic E-state index is 0.169. The monoisotopic (exact) mass is 354 g/mol. The molecule has 0 radical (unpaired) electrons. The van der Waals surface area contributed by atoms with Crippen molar-refractivity contribution in [2.24, 2.45) is 5.92 Å². The molecule has 26 heavy (non-hydrogen) atoms. The van der Waals surface area contributed by atoms with Gasteiger partial charge in [-0.05, 0) is 44.0 Å². The number of phenolic OH excluding ortho intramolecular Hbond substituents is 1. The molecule has 2 N–H and O–H groups in total. The number of aryl methyl sites for hydroxylation is 1. The number of piperidine rings is 1. The van der Waals surface area contributed by atoms with Crippen molar-refractivity contribution in [3.05, 3.63) is 52.7 Å². The Morgan fingerprint density at radius 3 is 2.88 bits per heavy atom. The molecule has 2 aliphatic rings. The van der Waals surface area contributed by atoms with Crippen LogP contribution in [-0.4, -0.2) is 24.0 Å². The van der Waals surface area contributed by atoms with Gasteiger partial charge in [0.25, 0.3) is 0 Å². The summed E-state index contributed by atoms with van der Waals surface area (Å²) in [5.41, 5.74) is 1.23. The van der Waals surface area contributed by atoms with Gasteiger partial charge in [0, 0.05) is 12.0 Å². The molecule has 0 spiro atoms. The van der Waals surface area contributed by atoms with Crippen LogP contribution in [0.5, 0.6) is 11.5 Å². The number of ketones is 1. The lowest BCUT2D eigenvalue weighted by atomic mass is 9.99. The maximum atomic E-state index is 12.7. The maximum Gasteiger partial charge on any atom is 0.232 e. The number of hydrogen-bond donors (Lipinski definition) is 2. The molecule has 1 aromatic carbocycles. The van der Waals surface area contributed by atoms with Crippen LogP contribution in [0.4, 0.5) is 0 Å². The van der Waals surface area contributed by atoms with Gasteiger partial charge in [-0.2, -0.15) is 0 Å². The molecule has 3 heterocycles. The van der Waals surface area contributed by atoms with Crippen molar-refractivity contribution in [2.45, 2.75) is 33.2 Å². The lowest BCUT2D eigenvalue weighted by Crippen LogP contribution is -3.12. The van der Waals surface area contributed by atoms with Crippen LogP contribution in [0, 0.1) is 12.8 Å². The number of furan rings is 1. The summed E-state index contributed by atoms with van der Waals surface area (Å²) in [6, 6.07) is 6.89. The number of carbonyl (C=O) groups excluding carboxylic acids is 1. The Balaban J connectivity index is 1.64. The van der Waals surface area contributed by atoms with Crippen LogP contribution < -0.4 is 9.64 Å². The van der Waals surface area contributed by atoms with Gasteiger partial charge in [0.05, 0.1) is 24.2 Å². The summed E-state index contributed by atoms with van der Waals surface area (Å²) in [4.78, 5) is 14.1. The normalized spacial score (nSPS) is 23.9. The second kappa shape index (κ2) is 6.65. The van der Waals surface area contributed by atoms with E-state index in [0.717, 1.165) is 24.4 Å². The van der Waals surface area contributed by atoms with Crippen LogP contribution >= 0.6 is 0 Å². The fraction of sp³-hybridized carbons (Fsp3) is 0.381. The van der Waals surface area contributed by atoms with E-state index in [2.05, 4.69) is 6.92 Å². The summed E-state index contributed by atoms with van der Waals surface area (Å²) in [6.07, 6.45) is 4.06. The first-order valence-corrected chi connectivity index (χ1v) is 9.20. The molecule has 2 aromatic rings. The number of benzene rings is 1. The van der Waals surface area contributed by atoms with Gasteiger partial charge in [-0.3, -0.25) is 4.79 Å². The Labute approximate surface area is 152 Å². The van der Waals surface area contributed by atoms with Crippen molar-refractivity contribution in [1.82, 2.24) is 0 Å². The molecular weight excluding hydrogens is 330 g/mol. The van der Waals surface area contributed by atoms with Crippen molar-refractivity contribution in [1.29, 1.82) is 0 Å². The largest absolute Gasteiger partial charge is 0.507 e. The number of nitrogens with one attached hydrogen (secondary N) is 1. The summed E-state index contributed by atoms with van der Waals surface area (Å²) in [7, 11) is 0. The number of likely N-dealkylation sites (tertiary alicyclic amines) is 1. The van der Waals surface area contributed by atoms with Crippen LogP contribution in [0.2, 0.25) is 0 Å². The number of phenols is 1. The molecule has 5 nitrogen and oxygen atoms in total. The smallest absolute Gasteiger partial charge is 0.232 e. The lowest BCUT2D eigenvalue weighted by molar-refractivity contribution is -0.922. The SMILES string of the molecule is Cc1ccc(/C=C2\Oc3c(ccc(O)c3C[NH+]3CCC[C@@H](C)C3)C2=O)o1. The Morgan fingerprint density at radius 1 is 1.31 bits per heavy atom. The van der Waals surface area contributed by atoms with Gasteiger partial charge in [0.1, 0.15) is 23.8 Å². The minimum Gasteiger partial charge on any atom is -0.507 e. The minimum atomic E-state index is -0.169. The molecule has 5 heteroatoms. The summed E-state index contributed by atoms with van der Waals surface area (Å²) in [5, 5.41) is 10.4. The second-order valence-corrected chi connectivity index (χ2v) is 7.46. The molecule has 1 saturated heterocycles. The molecule has 0 amide bonds. The first-order valence-electron chi connectivity index (χ1n) is 9.20. The topological polar surface area (TPSA) is 64.1 Å². The molecule has 2 aliphatic heterocycles. The molecule has 1 unspecified atom stereocenters. The number of allylic oxidation sites excluding steroid dienone is 1. The van der Waals surface area contributed by atoms with Crippen molar-refractivity contribution in [3.8, 4) is 11.5 Å². The summed E-state index contributed by atoms with van der Waals surface area (Å²) < 4.78 is 11.4. The highest BCUT2D eigenvalue weighted by molar-refractivity contribution is 6.14. The number of ether oxygens (including phenoxy) is 1. The van der Waals surface area contributed by atoms with Crippen molar-refractivity contribution >= 4 is 11.9 Å². The zero-order valence-corrected chi connectivity index (χ0v) is 15.2. The number of aromatic hydroxyl groups is 1. The van der Waals surface area contributed by atoms with E-state index in [1.165, 1.54) is 17.7 Å². The predicted octanol–water partition coefficient (Wildman–Crippen LogP) is 2.72. The van der Waals surface area contributed by atoms with Gasteiger partial charge in [0.15, 0.2) is 11.5 Å². The highest BCUT2D eigenvalue weighted by Crippen LogP contribution is 2.39. The first kappa shape index (κ1) is 16.9. The Kier molecular flexibility index (Phi) is 4.32. The van der Waals surface area contributed by atoms with Crippen molar-refractivity contribution in [2.75, 3.05) is 13.1 Å². The molecule has 4 rings (SSSR count). The molecule has 0 aliphatic carbocycles. The third kappa shape index (κ3) is 3.15. The van der Waals surface area contributed by atoms with Crippen LogP contribution in [0.25, 0.3) is 6.08 Å². The van der Waals surface area contributed by atoms with Crippen molar-refractivity contribution < 1.29 is 24.0 Å². The summed E-state index contributed by atoms with van der Waals surface area (Å²) >= 11 is 0. The molecule has 136 valence electrons. The number of hydrogen-bond acceptors (Lipinski definition) is 4. The summed E-state index contributed by atoms with van der Waals surface area (Å²) in [6.45, 7) is 6.94. The van der Waals surface area contributed by atoms with Gasteiger partial charge in [0.2, 0.25) is 5.78 Å². The van der Waals surface area contributed by atoms with E-state index in [1.807, 2.05) is 13.0 Å². The molecule has 1 fully saturated rings. The van der Waals surface area contributed by atoms with E-state index in [4.69, 9.17) is 9.15 Å². The quantitative estimate of drug-likeness (QED) is 0.832. The lowest BCUT2D eigenvalue weighted by Gasteiger charge is -2.28. The van der Waals surface area contributed by atoms with E-state index in [-0.39, 0.29) is 17.3 Å². The zero-order valence-electron chi connectivity index (χ0n) is 15.2. The Bertz CT molecular complexity index is 880. The van der Waals surface area contributed by atoms with Crippen molar-refractivity contribution in [3.63, 3.8) is 0 Å². The number of rotatable bonds is 3. The summed E-state index contributed by atoms with van der Waals surface area (Å²) in [5.74, 6) is 2.80. The number of Topliss-reactive ketones (excluding diaryl/α,β-unsaturated/α-hetero) is 1.